The Balaban J connectivity index is 2.05. The molecule has 0 unspecified atom stereocenters. The Labute approximate surface area is 132 Å². The molecule has 0 aliphatic rings. The van der Waals surface area contributed by atoms with E-state index in [0.29, 0.717) is 5.82 Å². The fourth-order valence-corrected chi connectivity index (χ4v) is 3.57. The molecule has 4 rings (SSSR count). The maximum Gasteiger partial charge on any atom is 0.356 e. The summed E-state index contributed by atoms with van der Waals surface area (Å²) in [7, 11) is 0. The second-order valence-corrected chi connectivity index (χ2v) is 5.95. The Morgan fingerprint density at radius 2 is 2.09 bits per heavy atom. The van der Waals surface area contributed by atoms with Crippen LogP contribution in [0.2, 0.25) is 5.28 Å². The molecule has 0 fully saturated rings. The van der Waals surface area contributed by atoms with E-state index in [1.165, 1.54) is 23.9 Å². The normalized spacial score (nSPS) is 11.3. The summed E-state index contributed by atoms with van der Waals surface area (Å²) in [4.78, 5) is 23.4. The maximum absolute atomic E-state index is 11.0. The molecule has 0 aliphatic carbocycles. The number of carboxylic acid groups (broad SMARTS) is 1. The molecule has 22 heavy (non-hydrogen) atoms. The molecular formula is C14H7ClN4O2S. The lowest BCUT2D eigenvalue weighted by molar-refractivity contribution is 0.0691. The lowest BCUT2D eigenvalue weighted by Crippen LogP contribution is -1.98. The van der Waals surface area contributed by atoms with Crippen LogP contribution in [0.15, 0.2) is 36.8 Å². The highest BCUT2D eigenvalue weighted by Crippen LogP contribution is 2.35. The van der Waals surface area contributed by atoms with Gasteiger partial charge in [-0.15, -0.1) is 11.3 Å². The van der Waals surface area contributed by atoms with Crippen LogP contribution in [0, 0.1) is 0 Å². The minimum absolute atomic E-state index is 0.0519. The van der Waals surface area contributed by atoms with Gasteiger partial charge in [-0.3, -0.25) is 4.57 Å². The van der Waals surface area contributed by atoms with E-state index < -0.39 is 5.97 Å². The number of carboxylic acids is 1. The van der Waals surface area contributed by atoms with Crippen LogP contribution in [0.3, 0.4) is 0 Å². The van der Waals surface area contributed by atoms with Crippen LogP contribution < -0.4 is 0 Å². The maximum atomic E-state index is 11.0. The van der Waals surface area contributed by atoms with Crippen molar-refractivity contribution < 1.29 is 9.90 Å². The zero-order valence-corrected chi connectivity index (χ0v) is 12.5. The summed E-state index contributed by atoms with van der Waals surface area (Å²) in [5.41, 5.74) is 0.699. The van der Waals surface area contributed by atoms with Crippen LogP contribution in [0.4, 0.5) is 0 Å². The van der Waals surface area contributed by atoms with Crippen LogP contribution in [0.1, 0.15) is 10.5 Å². The molecule has 0 aliphatic heterocycles. The standard InChI is InChI=1S/C14H7ClN4O2S/c15-14-17-10-7-3-1-2-4-9(7)22-11(10)12(18-14)19-5-8(13(20)21)16-6-19/h1-6H,(H,20,21). The van der Waals surface area contributed by atoms with Gasteiger partial charge in [-0.05, 0) is 17.7 Å². The predicted molar refractivity (Wildman–Crippen MR) is 84.0 cm³/mol. The zero-order chi connectivity index (χ0) is 15.3. The molecule has 0 saturated carbocycles. The van der Waals surface area contributed by atoms with Crippen LogP contribution in [-0.2, 0) is 0 Å². The van der Waals surface area contributed by atoms with E-state index in [9.17, 15) is 4.79 Å². The number of benzene rings is 1. The molecule has 4 aromatic rings. The Morgan fingerprint density at radius 1 is 1.27 bits per heavy atom. The van der Waals surface area contributed by atoms with Crippen LogP contribution >= 0.6 is 22.9 Å². The van der Waals surface area contributed by atoms with Gasteiger partial charge < -0.3 is 5.11 Å². The number of halogens is 1. The van der Waals surface area contributed by atoms with Gasteiger partial charge >= 0.3 is 5.97 Å². The largest absolute Gasteiger partial charge is 0.476 e. The first-order valence-corrected chi connectivity index (χ1v) is 7.45. The van der Waals surface area contributed by atoms with E-state index in [0.717, 1.165) is 20.3 Å². The van der Waals surface area contributed by atoms with Crippen molar-refractivity contribution >= 4 is 49.2 Å². The minimum atomic E-state index is -1.09. The van der Waals surface area contributed by atoms with Crippen molar-refractivity contribution in [3.8, 4) is 5.82 Å². The third kappa shape index (κ3) is 1.94. The zero-order valence-electron chi connectivity index (χ0n) is 10.9. The Bertz CT molecular complexity index is 1040. The van der Waals surface area contributed by atoms with Gasteiger partial charge in [-0.1, -0.05) is 18.2 Å². The summed E-state index contributed by atoms with van der Waals surface area (Å²) < 4.78 is 3.45. The second kappa shape index (κ2) is 4.75. The first-order chi connectivity index (χ1) is 10.6. The van der Waals surface area contributed by atoms with Gasteiger partial charge in [0.2, 0.25) is 5.28 Å². The van der Waals surface area contributed by atoms with E-state index in [2.05, 4.69) is 15.0 Å². The molecule has 0 bridgehead atoms. The lowest BCUT2D eigenvalue weighted by atomic mass is 10.2. The Kier molecular flexibility index (Phi) is 2.85. The highest BCUT2D eigenvalue weighted by molar-refractivity contribution is 7.26. The smallest absolute Gasteiger partial charge is 0.356 e. The fraction of sp³-hybridized carbons (Fsp3) is 0. The third-order valence-corrected chi connectivity index (χ3v) is 4.55. The first kappa shape index (κ1) is 13.2. The van der Waals surface area contributed by atoms with Crippen molar-refractivity contribution in [1.82, 2.24) is 19.5 Å². The van der Waals surface area contributed by atoms with Gasteiger partial charge in [0.25, 0.3) is 0 Å². The molecule has 0 radical (unpaired) electrons. The average Bonchev–Trinajstić information content (AvgIpc) is 3.11. The topological polar surface area (TPSA) is 80.9 Å². The number of fused-ring (bicyclic) bond motifs is 3. The highest BCUT2D eigenvalue weighted by atomic mass is 35.5. The SMILES string of the molecule is O=C(O)c1cn(-c2nc(Cl)nc3c2sc2ccccc23)cn1. The molecule has 1 N–H and O–H groups in total. The van der Waals surface area contributed by atoms with Crippen molar-refractivity contribution in [3.05, 3.63) is 47.8 Å². The third-order valence-electron chi connectivity index (χ3n) is 3.22. The number of aromatic carboxylic acids is 1. The number of hydrogen-bond acceptors (Lipinski definition) is 5. The van der Waals surface area contributed by atoms with Crippen molar-refractivity contribution in [3.63, 3.8) is 0 Å². The summed E-state index contributed by atoms with van der Waals surface area (Å²) in [6, 6.07) is 7.85. The van der Waals surface area contributed by atoms with Crippen LogP contribution in [0.5, 0.6) is 0 Å². The monoisotopic (exact) mass is 330 g/mol. The summed E-state index contributed by atoms with van der Waals surface area (Å²) in [6.07, 6.45) is 2.82. The van der Waals surface area contributed by atoms with Crippen molar-refractivity contribution in [2.75, 3.05) is 0 Å². The number of nitrogens with zero attached hydrogens (tertiary/aromatic N) is 4. The number of hydrogen-bond donors (Lipinski definition) is 1. The molecule has 0 amide bonds. The van der Waals surface area contributed by atoms with Gasteiger partial charge in [-0.25, -0.2) is 14.8 Å². The number of rotatable bonds is 2. The number of aromatic nitrogens is 4. The molecule has 0 saturated heterocycles. The summed E-state index contributed by atoms with van der Waals surface area (Å²) in [5.74, 6) is -0.567. The van der Waals surface area contributed by atoms with Gasteiger partial charge in [0.15, 0.2) is 11.5 Å². The highest BCUT2D eigenvalue weighted by Gasteiger charge is 2.16. The number of imidazole rings is 1. The Hall–Kier alpha value is -2.51. The number of thiophene rings is 1. The summed E-state index contributed by atoms with van der Waals surface area (Å²) in [5, 5.41) is 10.1. The fourth-order valence-electron chi connectivity index (χ4n) is 2.27. The van der Waals surface area contributed by atoms with E-state index >= 15 is 0 Å². The summed E-state index contributed by atoms with van der Waals surface area (Å²) in [6.45, 7) is 0. The van der Waals surface area contributed by atoms with E-state index in [1.807, 2.05) is 24.3 Å². The molecule has 108 valence electrons. The molecule has 1 aromatic carbocycles. The van der Waals surface area contributed by atoms with Crippen LogP contribution in [0.25, 0.3) is 26.1 Å². The van der Waals surface area contributed by atoms with Gasteiger partial charge in [0.05, 0.1) is 10.2 Å². The van der Waals surface area contributed by atoms with E-state index in [4.69, 9.17) is 16.7 Å². The molecule has 3 aromatic heterocycles. The van der Waals surface area contributed by atoms with Crippen LogP contribution in [-0.4, -0.2) is 30.6 Å². The second-order valence-electron chi connectivity index (χ2n) is 4.56. The van der Waals surface area contributed by atoms with E-state index in [-0.39, 0.29) is 11.0 Å². The number of carbonyl (C=O) groups is 1. The molecule has 3 heterocycles. The Morgan fingerprint density at radius 3 is 2.86 bits per heavy atom. The molecule has 0 atom stereocenters. The predicted octanol–water partition coefficient (Wildman–Crippen LogP) is 3.38. The quantitative estimate of drug-likeness (QED) is 0.570. The molecule has 6 nitrogen and oxygen atoms in total. The minimum Gasteiger partial charge on any atom is -0.476 e. The van der Waals surface area contributed by atoms with Crippen molar-refractivity contribution in [2.24, 2.45) is 0 Å². The average molecular weight is 331 g/mol. The van der Waals surface area contributed by atoms with Crippen molar-refractivity contribution in [1.29, 1.82) is 0 Å². The van der Waals surface area contributed by atoms with Gasteiger partial charge in [-0.2, -0.15) is 4.98 Å². The molecular weight excluding hydrogens is 324 g/mol. The van der Waals surface area contributed by atoms with Gasteiger partial charge in [0.1, 0.15) is 6.33 Å². The first-order valence-electron chi connectivity index (χ1n) is 6.26. The van der Waals surface area contributed by atoms with Crippen molar-refractivity contribution in [2.45, 2.75) is 0 Å². The van der Waals surface area contributed by atoms with E-state index in [1.54, 1.807) is 4.57 Å². The summed E-state index contributed by atoms with van der Waals surface area (Å²) >= 11 is 7.56. The molecule has 0 spiro atoms. The molecule has 8 heteroatoms. The van der Waals surface area contributed by atoms with Gasteiger partial charge in [0, 0.05) is 16.3 Å². The lowest BCUT2D eigenvalue weighted by Gasteiger charge is -2.02.